The van der Waals surface area contributed by atoms with Crippen molar-refractivity contribution >= 4 is 17.7 Å². The lowest BCUT2D eigenvalue weighted by atomic mass is 9.98. The molecule has 2 aromatic carbocycles. The van der Waals surface area contributed by atoms with Crippen molar-refractivity contribution in [2.45, 2.75) is 18.4 Å². The smallest absolute Gasteiger partial charge is 0.418 e. The number of alkyl halides is 6. The van der Waals surface area contributed by atoms with E-state index in [0.717, 1.165) is 36.5 Å². The van der Waals surface area contributed by atoms with Gasteiger partial charge in [-0.05, 0) is 48.0 Å². The van der Waals surface area contributed by atoms with Crippen molar-refractivity contribution in [3.05, 3.63) is 94.8 Å². The van der Waals surface area contributed by atoms with Crippen LogP contribution in [0.3, 0.4) is 0 Å². The minimum Gasteiger partial charge on any atom is -0.478 e. The number of rotatable bonds is 5. The van der Waals surface area contributed by atoms with Crippen LogP contribution >= 0.6 is 0 Å². The quantitative estimate of drug-likeness (QED) is 0.405. The van der Waals surface area contributed by atoms with Crippen LogP contribution in [0, 0.1) is 0 Å². The number of hydrogen-bond donors (Lipinski definition) is 3. The number of carboxylic acid groups (broad SMARTS) is 1. The molecule has 6 nitrogen and oxygen atoms in total. The maximum Gasteiger partial charge on any atom is 0.418 e. The summed E-state index contributed by atoms with van der Waals surface area (Å²) in [6.45, 7) is 0. The van der Waals surface area contributed by atoms with Gasteiger partial charge in [-0.25, -0.2) is 9.59 Å². The van der Waals surface area contributed by atoms with Crippen molar-refractivity contribution in [2.24, 2.45) is 0 Å². The fourth-order valence-corrected chi connectivity index (χ4v) is 3.09. The molecule has 2 amide bonds. The third kappa shape index (κ3) is 5.82. The van der Waals surface area contributed by atoms with E-state index in [1.807, 2.05) is 0 Å². The third-order valence-corrected chi connectivity index (χ3v) is 4.63. The van der Waals surface area contributed by atoms with Gasteiger partial charge in [0.1, 0.15) is 0 Å². The highest BCUT2D eigenvalue weighted by atomic mass is 19.4. The van der Waals surface area contributed by atoms with Crippen molar-refractivity contribution < 1.29 is 41.0 Å². The lowest BCUT2D eigenvalue weighted by Crippen LogP contribution is -2.35. The van der Waals surface area contributed by atoms with E-state index >= 15 is 0 Å². The lowest BCUT2D eigenvalue weighted by Gasteiger charge is -2.23. The van der Waals surface area contributed by atoms with Crippen LogP contribution < -0.4 is 10.6 Å². The molecule has 1 heterocycles. The number of aromatic nitrogens is 1. The Hall–Kier alpha value is -4.09. The Kier molecular flexibility index (Phi) is 6.80. The Bertz CT molecular complexity index is 1190. The lowest BCUT2D eigenvalue weighted by molar-refractivity contribution is -0.139. The molecule has 0 saturated heterocycles. The van der Waals surface area contributed by atoms with E-state index in [0.29, 0.717) is 12.1 Å². The SMILES string of the molecule is O=C(Nc1cccc(C(=O)O)c1)NC(c1ccc(C(F)(F)F)cc1)c1ncccc1C(F)(F)F. The van der Waals surface area contributed by atoms with Crippen LogP contribution in [0.2, 0.25) is 0 Å². The molecule has 0 aliphatic carbocycles. The van der Waals surface area contributed by atoms with E-state index in [-0.39, 0.29) is 16.8 Å². The molecule has 0 bridgehead atoms. The van der Waals surface area contributed by atoms with E-state index in [1.165, 1.54) is 18.2 Å². The van der Waals surface area contributed by atoms with Gasteiger partial charge in [-0.2, -0.15) is 26.3 Å². The van der Waals surface area contributed by atoms with Crippen LogP contribution in [-0.2, 0) is 12.4 Å². The van der Waals surface area contributed by atoms with Crippen LogP contribution in [0.25, 0.3) is 0 Å². The zero-order valence-electron chi connectivity index (χ0n) is 16.9. The number of nitrogens with one attached hydrogen (secondary N) is 2. The van der Waals surface area contributed by atoms with Crippen LogP contribution in [0.15, 0.2) is 66.9 Å². The van der Waals surface area contributed by atoms with Crippen LogP contribution in [-0.4, -0.2) is 22.1 Å². The zero-order valence-corrected chi connectivity index (χ0v) is 16.9. The molecule has 3 N–H and O–H groups in total. The third-order valence-electron chi connectivity index (χ3n) is 4.63. The van der Waals surface area contributed by atoms with Crippen LogP contribution in [0.5, 0.6) is 0 Å². The van der Waals surface area contributed by atoms with Crippen molar-refractivity contribution in [1.29, 1.82) is 0 Å². The number of halogens is 6. The molecular weight excluding hydrogens is 468 g/mol. The summed E-state index contributed by atoms with van der Waals surface area (Å²) in [5, 5.41) is 13.6. The molecule has 0 aliphatic heterocycles. The Morgan fingerprint density at radius 3 is 2.15 bits per heavy atom. The predicted octanol–water partition coefficient (Wildman–Crippen LogP) is 5.73. The first-order chi connectivity index (χ1) is 15.9. The van der Waals surface area contributed by atoms with Gasteiger partial charge >= 0.3 is 24.4 Å². The maximum absolute atomic E-state index is 13.6. The second kappa shape index (κ2) is 9.41. The van der Waals surface area contributed by atoms with Crippen molar-refractivity contribution in [1.82, 2.24) is 10.3 Å². The minimum absolute atomic E-state index is 0.0284. The number of hydrogen-bond acceptors (Lipinski definition) is 3. The number of anilines is 1. The Balaban J connectivity index is 1.98. The first kappa shape index (κ1) is 24.6. The van der Waals surface area contributed by atoms with Crippen molar-refractivity contribution in [2.75, 3.05) is 5.32 Å². The summed E-state index contributed by atoms with van der Waals surface area (Å²) in [5.74, 6) is -1.27. The number of amides is 2. The van der Waals surface area contributed by atoms with Crippen LogP contribution in [0.4, 0.5) is 36.8 Å². The number of carbonyl (C=O) groups excluding carboxylic acids is 1. The highest BCUT2D eigenvalue weighted by Crippen LogP contribution is 2.36. The van der Waals surface area contributed by atoms with Gasteiger partial charge in [0.05, 0.1) is 28.4 Å². The van der Waals surface area contributed by atoms with E-state index in [4.69, 9.17) is 5.11 Å². The molecule has 178 valence electrons. The molecule has 1 atom stereocenters. The highest BCUT2D eigenvalue weighted by molar-refractivity contribution is 5.93. The second-order valence-corrected chi connectivity index (χ2v) is 6.97. The number of carbonyl (C=O) groups is 2. The number of pyridine rings is 1. The summed E-state index contributed by atoms with van der Waals surface area (Å²) in [6, 6.07) is 7.45. The van der Waals surface area contributed by atoms with Crippen molar-refractivity contribution in [3.8, 4) is 0 Å². The standard InChI is InChI=1S/C22H15F6N3O3/c23-21(24,25)14-8-6-12(7-9-14)17(18-16(22(26,27)28)5-2-10-29-18)31-20(34)30-15-4-1-3-13(11-15)19(32)33/h1-11,17H,(H,32,33)(H2,30,31,34). The molecular formula is C22H15F6N3O3. The number of benzene rings is 2. The molecule has 34 heavy (non-hydrogen) atoms. The molecule has 0 aliphatic rings. The molecule has 1 aromatic heterocycles. The fourth-order valence-electron chi connectivity index (χ4n) is 3.09. The number of nitrogens with zero attached hydrogens (tertiary/aromatic N) is 1. The first-order valence-corrected chi connectivity index (χ1v) is 9.46. The molecule has 3 rings (SSSR count). The van der Waals surface area contributed by atoms with Gasteiger partial charge in [-0.1, -0.05) is 18.2 Å². The fraction of sp³-hybridized carbons (Fsp3) is 0.136. The summed E-state index contributed by atoms with van der Waals surface area (Å²) >= 11 is 0. The van der Waals surface area contributed by atoms with Gasteiger partial charge in [0, 0.05) is 11.9 Å². The Morgan fingerprint density at radius 2 is 1.56 bits per heavy atom. The Morgan fingerprint density at radius 1 is 0.882 bits per heavy atom. The maximum atomic E-state index is 13.6. The summed E-state index contributed by atoms with van der Waals surface area (Å²) in [7, 11) is 0. The van der Waals surface area contributed by atoms with Gasteiger partial charge in [0.15, 0.2) is 0 Å². The van der Waals surface area contributed by atoms with Gasteiger partial charge < -0.3 is 15.7 Å². The summed E-state index contributed by atoms with van der Waals surface area (Å²) < 4.78 is 79.5. The van der Waals surface area contributed by atoms with E-state index in [2.05, 4.69) is 15.6 Å². The van der Waals surface area contributed by atoms with Gasteiger partial charge in [0.25, 0.3) is 0 Å². The zero-order chi connectivity index (χ0) is 25.1. The Labute approximate surface area is 188 Å². The molecule has 0 saturated carbocycles. The summed E-state index contributed by atoms with van der Waals surface area (Å²) in [6.07, 6.45) is -8.48. The van der Waals surface area contributed by atoms with Gasteiger partial charge in [-0.3, -0.25) is 4.98 Å². The molecule has 0 spiro atoms. The van der Waals surface area contributed by atoms with Crippen LogP contribution in [0.1, 0.15) is 38.8 Å². The molecule has 12 heteroatoms. The highest BCUT2D eigenvalue weighted by Gasteiger charge is 2.37. The monoisotopic (exact) mass is 483 g/mol. The second-order valence-electron chi connectivity index (χ2n) is 6.97. The van der Waals surface area contributed by atoms with Gasteiger partial charge in [0.2, 0.25) is 0 Å². The molecule has 3 aromatic rings. The average Bonchev–Trinajstić information content (AvgIpc) is 2.76. The largest absolute Gasteiger partial charge is 0.478 e. The van der Waals surface area contributed by atoms with E-state index in [1.54, 1.807) is 0 Å². The van der Waals surface area contributed by atoms with Crippen molar-refractivity contribution in [3.63, 3.8) is 0 Å². The molecule has 0 fully saturated rings. The van der Waals surface area contributed by atoms with E-state index in [9.17, 15) is 35.9 Å². The molecule has 1 unspecified atom stereocenters. The normalized spacial score (nSPS) is 12.6. The number of carboxylic acids is 1. The number of urea groups is 1. The first-order valence-electron chi connectivity index (χ1n) is 9.46. The van der Waals surface area contributed by atoms with Gasteiger partial charge in [-0.15, -0.1) is 0 Å². The minimum atomic E-state index is -4.86. The molecule has 0 radical (unpaired) electrons. The predicted molar refractivity (Wildman–Crippen MR) is 108 cm³/mol. The number of aromatic carboxylic acids is 1. The topological polar surface area (TPSA) is 91.3 Å². The van der Waals surface area contributed by atoms with E-state index < -0.39 is 47.2 Å². The average molecular weight is 483 g/mol. The summed E-state index contributed by atoms with van der Waals surface area (Å²) in [4.78, 5) is 27.4. The summed E-state index contributed by atoms with van der Waals surface area (Å²) in [5.41, 5.74) is -3.06.